The molecule has 1 atom stereocenters. The number of hydrogen-bond acceptors (Lipinski definition) is 3. The van der Waals surface area contributed by atoms with Crippen LogP contribution in [0.1, 0.15) is 12.5 Å². The number of carboxylic acids is 1. The molecule has 0 spiro atoms. The van der Waals surface area contributed by atoms with Gasteiger partial charge >= 0.3 is 0 Å². The molecule has 64 valence electrons. The summed E-state index contributed by atoms with van der Waals surface area (Å²) in [7, 11) is 0. The monoisotopic (exact) mass is 164 g/mol. The van der Waals surface area contributed by atoms with E-state index in [2.05, 4.69) is 0 Å². The van der Waals surface area contributed by atoms with E-state index in [1.807, 2.05) is 0 Å². The van der Waals surface area contributed by atoms with Gasteiger partial charge in [0.25, 0.3) is 0 Å². The molecule has 0 aromatic heterocycles. The highest BCUT2D eigenvalue weighted by Crippen LogP contribution is 2.15. The number of carbonyl (C=O) groups is 1. The number of nitrogens with two attached hydrogens (primary N) is 1. The first-order valence-corrected chi connectivity index (χ1v) is 3.61. The van der Waals surface area contributed by atoms with Crippen LogP contribution in [-0.4, -0.2) is 5.97 Å². The first-order chi connectivity index (χ1) is 5.55. The van der Waals surface area contributed by atoms with Gasteiger partial charge in [0.15, 0.2) is 0 Å². The normalized spacial score (nSPS) is 15.2. The Morgan fingerprint density at radius 3 is 2.33 bits per heavy atom. The molecule has 1 aromatic rings. The smallest absolute Gasteiger partial charge is 0.0783 e. The van der Waals surface area contributed by atoms with Gasteiger partial charge in [-0.15, -0.1) is 0 Å². The second-order valence-electron chi connectivity index (χ2n) is 2.86. The van der Waals surface area contributed by atoms with Crippen LogP contribution in [0.3, 0.4) is 0 Å². The fraction of sp³-hybridized carbons (Fsp3) is 0.222. The van der Waals surface area contributed by atoms with Gasteiger partial charge < -0.3 is 15.6 Å². The van der Waals surface area contributed by atoms with E-state index in [0.29, 0.717) is 5.56 Å². The molecule has 0 fully saturated rings. The van der Waals surface area contributed by atoms with E-state index in [9.17, 15) is 9.90 Å². The Hall–Kier alpha value is -1.35. The van der Waals surface area contributed by atoms with Crippen LogP contribution in [0.4, 0.5) is 0 Å². The Kier molecular flexibility index (Phi) is 2.15. The predicted molar refractivity (Wildman–Crippen MR) is 43.0 cm³/mol. The molecule has 1 rings (SSSR count). The van der Waals surface area contributed by atoms with Crippen LogP contribution in [-0.2, 0) is 10.3 Å². The Morgan fingerprint density at radius 2 is 1.92 bits per heavy atom. The second kappa shape index (κ2) is 2.95. The molecule has 0 saturated heterocycles. The van der Waals surface area contributed by atoms with Gasteiger partial charge in [-0.1, -0.05) is 30.3 Å². The van der Waals surface area contributed by atoms with Crippen molar-refractivity contribution < 1.29 is 9.90 Å². The third-order valence-electron chi connectivity index (χ3n) is 1.80. The summed E-state index contributed by atoms with van der Waals surface area (Å²) in [4.78, 5) is 10.6. The van der Waals surface area contributed by atoms with E-state index in [-0.39, 0.29) is 0 Å². The van der Waals surface area contributed by atoms with E-state index in [1.54, 1.807) is 30.3 Å². The van der Waals surface area contributed by atoms with E-state index in [0.717, 1.165) is 0 Å². The quantitative estimate of drug-likeness (QED) is 0.647. The average molecular weight is 164 g/mol. The number of aliphatic carboxylic acids is 1. The number of carboxylic acid groups (broad SMARTS) is 1. The zero-order valence-corrected chi connectivity index (χ0v) is 6.78. The summed E-state index contributed by atoms with van der Waals surface area (Å²) < 4.78 is 0. The maximum Gasteiger partial charge on any atom is 0.0783 e. The lowest BCUT2D eigenvalue weighted by atomic mass is 9.94. The van der Waals surface area contributed by atoms with Crippen LogP contribution in [0.5, 0.6) is 0 Å². The summed E-state index contributed by atoms with van der Waals surface area (Å²) in [6, 6.07) is 8.60. The molecule has 0 heterocycles. The number of carbonyl (C=O) groups excluding carboxylic acids is 1. The molecule has 0 aliphatic heterocycles. The van der Waals surface area contributed by atoms with Crippen molar-refractivity contribution in [2.45, 2.75) is 12.5 Å². The zero-order chi connectivity index (χ0) is 9.19. The van der Waals surface area contributed by atoms with Crippen molar-refractivity contribution >= 4 is 5.97 Å². The fourth-order valence-corrected chi connectivity index (χ4v) is 0.902. The first-order valence-electron chi connectivity index (χ1n) is 3.61. The van der Waals surface area contributed by atoms with Gasteiger partial charge in [-0.2, -0.15) is 0 Å². The van der Waals surface area contributed by atoms with Crippen LogP contribution in [0.15, 0.2) is 30.3 Å². The standard InChI is InChI=1S/C9H11NO2/c1-9(10,8(11)12)7-5-3-2-4-6-7/h2-6H,10H2,1H3,(H,11,12)/p-1. The minimum Gasteiger partial charge on any atom is -0.548 e. The van der Waals surface area contributed by atoms with Gasteiger partial charge in [-0.25, -0.2) is 0 Å². The summed E-state index contributed by atoms with van der Waals surface area (Å²) >= 11 is 0. The van der Waals surface area contributed by atoms with Crippen molar-refractivity contribution in [2.24, 2.45) is 5.73 Å². The molecule has 0 aliphatic rings. The third kappa shape index (κ3) is 1.46. The van der Waals surface area contributed by atoms with Crippen LogP contribution in [0.2, 0.25) is 0 Å². The maximum atomic E-state index is 10.6. The molecule has 0 radical (unpaired) electrons. The molecular weight excluding hydrogens is 154 g/mol. The topological polar surface area (TPSA) is 66.2 Å². The molecule has 0 saturated carbocycles. The molecule has 1 unspecified atom stereocenters. The first kappa shape index (κ1) is 8.74. The van der Waals surface area contributed by atoms with Gasteiger partial charge in [0.1, 0.15) is 0 Å². The average Bonchev–Trinajstić information content (AvgIpc) is 2.06. The number of benzene rings is 1. The molecule has 3 heteroatoms. The Morgan fingerprint density at radius 1 is 1.42 bits per heavy atom. The minimum atomic E-state index is -1.40. The Bertz CT molecular complexity index is 280. The van der Waals surface area contributed by atoms with Gasteiger partial charge in [0.2, 0.25) is 0 Å². The Labute approximate surface area is 70.8 Å². The summed E-state index contributed by atoms with van der Waals surface area (Å²) in [5.74, 6) is -1.27. The number of hydrogen-bond donors (Lipinski definition) is 1. The van der Waals surface area contributed by atoms with Gasteiger partial charge in [0, 0.05) is 0 Å². The lowest BCUT2D eigenvalue weighted by Gasteiger charge is -2.25. The molecular formula is C9H10NO2-. The highest BCUT2D eigenvalue weighted by atomic mass is 16.4. The van der Waals surface area contributed by atoms with Gasteiger partial charge in [-0.05, 0) is 12.5 Å². The van der Waals surface area contributed by atoms with Crippen molar-refractivity contribution in [3.63, 3.8) is 0 Å². The van der Waals surface area contributed by atoms with Crippen LogP contribution < -0.4 is 10.8 Å². The molecule has 2 N–H and O–H groups in total. The highest BCUT2D eigenvalue weighted by molar-refractivity contribution is 5.77. The van der Waals surface area contributed by atoms with Crippen molar-refractivity contribution in [3.05, 3.63) is 35.9 Å². The van der Waals surface area contributed by atoms with Crippen molar-refractivity contribution in [2.75, 3.05) is 0 Å². The largest absolute Gasteiger partial charge is 0.548 e. The molecule has 12 heavy (non-hydrogen) atoms. The molecule has 0 aliphatic carbocycles. The maximum absolute atomic E-state index is 10.6. The van der Waals surface area contributed by atoms with Gasteiger partial charge in [0.05, 0.1) is 11.5 Å². The van der Waals surface area contributed by atoms with Crippen molar-refractivity contribution in [1.82, 2.24) is 0 Å². The van der Waals surface area contributed by atoms with Crippen molar-refractivity contribution in [3.8, 4) is 0 Å². The predicted octanol–water partition coefficient (Wildman–Crippen LogP) is -0.390. The summed E-state index contributed by atoms with van der Waals surface area (Å²) in [5.41, 5.74) is 4.66. The third-order valence-corrected chi connectivity index (χ3v) is 1.80. The fourth-order valence-electron chi connectivity index (χ4n) is 0.902. The van der Waals surface area contributed by atoms with Gasteiger partial charge in [-0.3, -0.25) is 0 Å². The highest BCUT2D eigenvalue weighted by Gasteiger charge is 2.21. The lowest BCUT2D eigenvalue weighted by molar-refractivity contribution is -0.313. The molecule has 0 amide bonds. The Balaban J connectivity index is 3.06. The summed E-state index contributed by atoms with van der Waals surface area (Å²) in [6.07, 6.45) is 0. The minimum absolute atomic E-state index is 0.546. The molecule has 0 bridgehead atoms. The molecule has 3 nitrogen and oxygen atoms in total. The second-order valence-corrected chi connectivity index (χ2v) is 2.86. The summed E-state index contributed by atoms with van der Waals surface area (Å²) in [6.45, 7) is 1.41. The van der Waals surface area contributed by atoms with E-state index in [4.69, 9.17) is 5.73 Å². The van der Waals surface area contributed by atoms with E-state index >= 15 is 0 Å². The lowest BCUT2D eigenvalue weighted by Crippen LogP contribution is -2.50. The zero-order valence-electron chi connectivity index (χ0n) is 6.78. The van der Waals surface area contributed by atoms with E-state index in [1.165, 1.54) is 6.92 Å². The number of rotatable bonds is 2. The van der Waals surface area contributed by atoms with Crippen LogP contribution in [0, 0.1) is 0 Å². The SMILES string of the molecule is CC(N)(C(=O)[O-])c1ccccc1. The van der Waals surface area contributed by atoms with Crippen LogP contribution >= 0.6 is 0 Å². The van der Waals surface area contributed by atoms with Crippen molar-refractivity contribution in [1.29, 1.82) is 0 Å². The summed E-state index contributed by atoms with van der Waals surface area (Å²) in [5, 5.41) is 10.6. The van der Waals surface area contributed by atoms with Crippen LogP contribution in [0.25, 0.3) is 0 Å². The van der Waals surface area contributed by atoms with E-state index < -0.39 is 11.5 Å². The molecule has 1 aromatic carbocycles.